The second-order valence-corrected chi connectivity index (χ2v) is 14.9. The highest BCUT2D eigenvalue weighted by molar-refractivity contribution is 5.91. The predicted molar refractivity (Wildman–Crippen MR) is 227 cm³/mol. The van der Waals surface area contributed by atoms with E-state index in [0.29, 0.717) is 0 Å². The van der Waals surface area contributed by atoms with E-state index in [-0.39, 0.29) is 36.5 Å². The molecule has 0 aromatic heterocycles. The Hall–Kier alpha value is -5.99. The molecule has 12 nitrogen and oxygen atoms in total. The molecule has 0 N–H and O–H groups in total. The summed E-state index contributed by atoms with van der Waals surface area (Å²) in [4.78, 5) is 41.7. The molecular weight excluding hydrogens is 793 g/mol. The van der Waals surface area contributed by atoms with E-state index in [1.54, 1.807) is 104 Å². The Balaban J connectivity index is 1.28. The molecule has 12 heteroatoms. The number of hydrogen-bond donors (Lipinski definition) is 0. The first-order valence-electron chi connectivity index (χ1n) is 20.6. The van der Waals surface area contributed by atoms with Crippen molar-refractivity contribution < 1.29 is 57.0 Å². The van der Waals surface area contributed by atoms with Crippen LogP contribution in [0.15, 0.2) is 164 Å². The van der Waals surface area contributed by atoms with E-state index < -0.39 is 79.3 Å². The maximum Gasteiger partial charge on any atom is 0.338 e. The maximum absolute atomic E-state index is 14.0. The quantitative estimate of drug-likeness (QED) is 0.0512. The van der Waals surface area contributed by atoms with Crippen molar-refractivity contribution in [2.24, 2.45) is 0 Å². The highest BCUT2D eigenvalue weighted by Crippen LogP contribution is 2.36. The summed E-state index contributed by atoms with van der Waals surface area (Å²) < 4.78 is 58.1. The summed E-state index contributed by atoms with van der Waals surface area (Å²) in [6.45, 7) is 7.83. The van der Waals surface area contributed by atoms with Crippen LogP contribution in [0.3, 0.4) is 0 Å². The van der Waals surface area contributed by atoms with Gasteiger partial charge in [0, 0.05) is 0 Å². The van der Waals surface area contributed by atoms with Crippen LogP contribution < -0.4 is 0 Å². The standard InChI is InChI=1S/C50H50O12/c1-4-30-54-49-44(42(56-32-36-22-12-6-13-23-36)40(33(2)57-49)55-31-35-20-10-5-11-21-35)62-50-45(61-48(53)39-28-18-9-19-29-39)43(60-47(52)38-26-16-8-17-27-38)41(34(3)58-50)59-46(51)37-24-14-7-15-25-37/h4-29,33-34,40-45,49-50H,1,30-32H2,2-3H3/t33-,34-,40-,41-,42+,43+,44+,45+,49+,50-/m0/s1. The molecule has 62 heavy (non-hydrogen) atoms. The molecule has 0 aliphatic carbocycles. The summed E-state index contributed by atoms with van der Waals surface area (Å²) in [6, 6.07) is 44.3. The van der Waals surface area contributed by atoms with Gasteiger partial charge in [-0.05, 0) is 61.4 Å². The Morgan fingerprint density at radius 2 is 0.855 bits per heavy atom. The van der Waals surface area contributed by atoms with Crippen molar-refractivity contribution in [1.82, 2.24) is 0 Å². The predicted octanol–water partition coefficient (Wildman–Crippen LogP) is 7.91. The zero-order valence-corrected chi connectivity index (χ0v) is 34.5. The Kier molecular flexibility index (Phi) is 15.4. The molecule has 2 fully saturated rings. The van der Waals surface area contributed by atoms with Crippen molar-refractivity contribution in [2.75, 3.05) is 6.61 Å². The average molecular weight is 843 g/mol. The van der Waals surface area contributed by atoms with Crippen LogP contribution in [-0.4, -0.2) is 85.9 Å². The van der Waals surface area contributed by atoms with Crippen molar-refractivity contribution in [1.29, 1.82) is 0 Å². The summed E-state index contributed by atoms with van der Waals surface area (Å²) in [5, 5.41) is 0. The molecule has 0 saturated carbocycles. The number of esters is 3. The molecule has 0 unspecified atom stereocenters. The number of hydrogen-bond acceptors (Lipinski definition) is 12. The lowest BCUT2D eigenvalue weighted by Gasteiger charge is -2.48. The minimum atomic E-state index is -1.53. The van der Waals surface area contributed by atoms with Gasteiger partial charge in [0.15, 0.2) is 30.9 Å². The SMILES string of the molecule is C=CCO[C@@H]1O[C@@H](C)[C@H](OCc2ccccc2)[C@@H](OCc2ccccc2)[C@H]1O[C@@H]1O[C@@H](C)[C@H](OC(=O)c2ccccc2)[C@@H](OC(=O)c2ccccc2)[C@H]1OC(=O)c1ccccc1. The molecule has 2 saturated heterocycles. The van der Waals surface area contributed by atoms with E-state index in [0.717, 1.165) is 11.1 Å². The van der Waals surface area contributed by atoms with Crippen molar-refractivity contribution in [3.63, 3.8) is 0 Å². The number of ether oxygens (including phenoxy) is 9. The van der Waals surface area contributed by atoms with Gasteiger partial charge < -0.3 is 42.6 Å². The third kappa shape index (κ3) is 11.3. The Labute approximate surface area is 361 Å². The van der Waals surface area contributed by atoms with Gasteiger partial charge in [-0.25, -0.2) is 14.4 Å². The lowest BCUT2D eigenvalue weighted by Crippen LogP contribution is -2.65. The van der Waals surface area contributed by atoms with Crippen LogP contribution in [-0.2, 0) is 55.8 Å². The maximum atomic E-state index is 14.0. The zero-order valence-electron chi connectivity index (χ0n) is 34.5. The molecule has 7 rings (SSSR count). The van der Waals surface area contributed by atoms with Gasteiger partial charge in [0.25, 0.3) is 0 Å². The van der Waals surface area contributed by atoms with Gasteiger partial charge >= 0.3 is 17.9 Å². The van der Waals surface area contributed by atoms with Crippen LogP contribution in [0.5, 0.6) is 0 Å². The van der Waals surface area contributed by atoms with Crippen LogP contribution in [0.2, 0.25) is 0 Å². The van der Waals surface area contributed by atoms with Crippen LogP contribution in [0.25, 0.3) is 0 Å². The molecule has 0 radical (unpaired) electrons. The van der Waals surface area contributed by atoms with Gasteiger partial charge in [-0.15, -0.1) is 6.58 Å². The minimum Gasteiger partial charge on any atom is -0.452 e. The summed E-state index contributed by atoms with van der Waals surface area (Å²) in [5.41, 5.74) is 2.49. The van der Waals surface area contributed by atoms with Crippen molar-refractivity contribution in [2.45, 2.75) is 88.5 Å². The monoisotopic (exact) mass is 842 g/mol. The third-order valence-corrected chi connectivity index (χ3v) is 10.5. The topological polar surface area (TPSA) is 134 Å². The molecule has 322 valence electrons. The van der Waals surface area contributed by atoms with Gasteiger partial charge in [-0.3, -0.25) is 0 Å². The lowest BCUT2D eigenvalue weighted by atomic mass is 9.96. The smallest absolute Gasteiger partial charge is 0.338 e. The van der Waals surface area contributed by atoms with E-state index in [2.05, 4.69) is 6.58 Å². The molecule has 5 aromatic rings. The van der Waals surface area contributed by atoms with Crippen molar-refractivity contribution >= 4 is 17.9 Å². The summed E-state index contributed by atoms with van der Waals surface area (Å²) in [7, 11) is 0. The van der Waals surface area contributed by atoms with Gasteiger partial charge in [-0.1, -0.05) is 121 Å². The highest BCUT2D eigenvalue weighted by Gasteiger charge is 2.55. The minimum absolute atomic E-state index is 0.0847. The van der Waals surface area contributed by atoms with E-state index in [4.69, 9.17) is 42.6 Å². The number of benzene rings is 5. The first kappa shape index (κ1) is 44.1. The van der Waals surface area contributed by atoms with Gasteiger partial charge in [0.1, 0.15) is 18.3 Å². The van der Waals surface area contributed by atoms with E-state index >= 15 is 0 Å². The van der Waals surface area contributed by atoms with Crippen molar-refractivity contribution in [3.8, 4) is 0 Å². The van der Waals surface area contributed by atoms with Crippen LogP contribution in [0.4, 0.5) is 0 Å². The van der Waals surface area contributed by atoms with Crippen LogP contribution in [0.1, 0.15) is 56.0 Å². The second kappa shape index (κ2) is 21.7. The summed E-state index contributed by atoms with van der Waals surface area (Å²) in [5.74, 6) is -2.24. The molecule has 2 aliphatic heterocycles. The Bertz CT molecular complexity index is 2170. The number of rotatable bonds is 17. The Morgan fingerprint density at radius 3 is 1.32 bits per heavy atom. The fourth-order valence-corrected chi connectivity index (χ4v) is 7.32. The fourth-order valence-electron chi connectivity index (χ4n) is 7.32. The molecule has 0 bridgehead atoms. The summed E-state index contributed by atoms with van der Waals surface area (Å²) >= 11 is 0. The highest BCUT2D eigenvalue weighted by atomic mass is 16.8. The molecule has 5 aromatic carbocycles. The zero-order chi connectivity index (χ0) is 43.3. The fraction of sp³-hybridized carbons (Fsp3) is 0.300. The van der Waals surface area contributed by atoms with E-state index in [1.165, 1.54) is 0 Å². The number of carbonyl (C=O) groups excluding carboxylic acids is 3. The molecule has 10 atom stereocenters. The molecule has 2 aliphatic rings. The normalized spacial score (nSPS) is 25.8. The largest absolute Gasteiger partial charge is 0.452 e. The van der Waals surface area contributed by atoms with Crippen LogP contribution >= 0.6 is 0 Å². The second-order valence-electron chi connectivity index (χ2n) is 14.9. The average Bonchev–Trinajstić information content (AvgIpc) is 3.31. The van der Waals surface area contributed by atoms with Gasteiger partial charge in [0.2, 0.25) is 0 Å². The molecular formula is C50H50O12. The van der Waals surface area contributed by atoms with E-state index in [1.807, 2.05) is 67.6 Å². The van der Waals surface area contributed by atoms with E-state index in [9.17, 15) is 14.4 Å². The lowest BCUT2D eigenvalue weighted by molar-refractivity contribution is -0.366. The molecule has 0 amide bonds. The Morgan fingerprint density at radius 1 is 0.468 bits per heavy atom. The van der Waals surface area contributed by atoms with Gasteiger partial charge in [-0.2, -0.15) is 0 Å². The molecule has 0 spiro atoms. The first-order chi connectivity index (χ1) is 30.3. The molecule has 2 heterocycles. The van der Waals surface area contributed by atoms with Crippen LogP contribution in [0, 0.1) is 0 Å². The summed E-state index contributed by atoms with van der Waals surface area (Å²) in [6.07, 6.45) is -9.50. The van der Waals surface area contributed by atoms with Gasteiger partial charge in [0.05, 0.1) is 48.7 Å². The number of carbonyl (C=O) groups is 3. The van der Waals surface area contributed by atoms with Crippen molar-refractivity contribution in [3.05, 3.63) is 192 Å². The third-order valence-electron chi connectivity index (χ3n) is 10.5. The first-order valence-corrected chi connectivity index (χ1v) is 20.6.